The van der Waals surface area contributed by atoms with E-state index >= 15 is 0 Å². The molecule has 0 saturated heterocycles. The van der Waals surface area contributed by atoms with E-state index < -0.39 is 46.9 Å². The number of halogens is 3. The van der Waals surface area contributed by atoms with Crippen LogP contribution in [0.15, 0.2) is 20.7 Å². The minimum atomic E-state index is -5.05. The van der Waals surface area contributed by atoms with Crippen LogP contribution in [0.25, 0.3) is 0 Å². The van der Waals surface area contributed by atoms with E-state index in [2.05, 4.69) is 4.98 Å². The standard InChI is InChI=1S/C8H8F3NO4S3/c1-5-7(19(11,15)16)17-8(12-5)18(13,14)4-2-3-6(9)10/h3H,2,4H2,1H3. The van der Waals surface area contributed by atoms with Crippen LogP contribution in [0.1, 0.15) is 12.1 Å². The number of aryl methyl sites for hydroxylation is 1. The van der Waals surface area contributed by atoms with Crippen molar-refractivity contribution in [2.75, 3.05) is 5.75 Å². The van der Waals surface area contributed by atoms with Crippen molar-refractivity contribution in [3.05, 3.63) is 17.9 Å². The molecule has 0 aliphatic heterocycles. The van der Waals surface area contributed by atoms with Gasteiger partial charge in [-0.05, 0) is 19.4 Å². The second kappa shape index (κ2) is 5.59. The van der Waals surface area contributed by atoms with Crippen LogP contribution < -0.4 is 0 Å². The van der Waals surface area contributed by atoms with Crippen molar-refractivity contribution in [2.45, 2.75) is 21.9 Å². The predicted molar refractivity (Wildman–Crippen MR) is 62.1 cm³/mol. The zero-order valence-corrected chi connectivity index (χ0v) is 11.9. The van der Waals surface area contributed by atoms with E-state index in [1.807, 2.05) is 0 Å². The van der Waals surface area contributed by atoms with E-state index in [9.17, 15) is 29.5 Å². The molecule has 0 aromatic carbocycles. The Kier molecular flexibility index (Phi) is 4.74. The highest BCUT2D eigenvalue weighted by Crippen LogP contribution is 2.28. The van der Waals surface area contributed by atoms with E-state index in [1.54, 1.807) is 0 Å². The maximum atomic E-state index is 12.8. The molecule has 1 aromatic heterocycles. The summed E-state index contributed by atoms with van der Waals surface area (Å²) in [6.07, 6.45) is -2.04. The van der Waals surface area contributed by atoms with E-state index in [-0.39, 0.29) is 17.0 Å². The maximum absolute atomic E-state index is 12.8. The Morgan fingerprint density at radius 2 is 1.89 bits per heavy atom. The Bertz CT molecular complexity index is 702. The summed E-state index contributed by atoms with van der Waals surface area (Å²) >= 11 is 0.162. The summed E-state index contributed by atoms with van der Waals surface area (Å²) in [5, 5.41) is 0. The summed E-state index contributed by atoms with van der Waals surface area (Å²) in [7, 11) is -9.07. The third kappa shape index (κ3) is 4.28. The summed E-state index contributed by atoms with van der Waals surface area (Å²) in [4.78, 5) is 3.45. The number of sulfone groups is 1. The molecule has 0 saturated carbocycles. The van der Waals surface area contributed by atoms with Gasteiger partial charge in [0.25, 0.3) is 6.08 Å². The lowest BCUT2D eigenvalue weighted by Crippen LogP contribution is -2.05. The van der Waals surface area contributed by atoms with E-state index in [4.69, 9.17) is 0 Å². The first-order valence-electron chi connectivity index (χ1n) is 4.70. The predicted octanol–water partition coefficient (Wildman–Crippen LogP) is 2.05. The average Bonchev–Trinajstić information content (AvgIpc) is 2.59. The summed E-state index contributed by atoms with van der Waals surface area (Å²) in [6.45, 7) is 1.14. The molecule has 0 amide bonds. The van der Waals surface area contributed by atoms with Gasteiger partial charge in [-0.25, -0.2) is 13.4 Å². The Balaban J connectivity index is 3.07. The molecule has 0 unspecified atom stereocenters. The fraction of sp³-hybridized carbons (Fsp3) is 0.375. The largest absolute Gasteiger partial charge is 0.343 e. The topological polar surface area (TPSA) is 81.2 Å². The molecule has 0 atom stereocenters. The lowest BCUT2D eigenvalue weighted by molar-refractivity contribution is 0.418. The number of nitrogens with zero attached hydrogens (tertiary/aromatic N) is 1. The molecule has 11 heteroatoms. The van der Waals surface area contributed by atoms with Crippen LogP contribution in [0.4, 0.5) is 12.7 Å². The summed E-state index contributed by atoms with van der Waals surface area (Å²) < 4.78 is 79.6. The molecule has 1 aromatic rings. The molecule has 1 heterocycles. The van der Waals surface area contributed by atoms with Gasteiger partial charge in [-0.1, -0.05) is 15.2 Å². The maximum Gasteiger partial charge on any atom is 0.343 e. The number of rotatable bonds is 5. The highest BCUT2D eigenvalue weighted by molar-refractivity contribution is 7.94. The van der Waals surface area contributed by atoms with Crippen LogP contribution in [0.3, 0.4) is 0 Å². The minimum absolute atomic E-state index is 0.162. The smallest absolute Gasteiger partial charge is 0.229 e. The molecule has 0 fully saturated rings. The van der Waals surface area contributed by atoms with Crippen molar-refractivity contribution in [1.82, 2.24) is 4.98 Å². The van der Waals surface area contributed by atoms with Crippen molar-refractivity contribution in [3.8, 4) is 0 Å². The molecule has 0 aliphatic carbocycles. The third-order valence-electron chi connectivity index (χ3n) is 1.91. The third-order valence-corrected chi connectivity index (χ3v) is 6.65. The minimum Gasteiger partial charge on any atom is -0.229 e. The van der Waals surface area contributed by atoms with E-state index in [1.165, 1.54) is 0 Å². The van der Waals surface area contributed by atoms with Gasteiger partial charge in [-0.3, -0.25) is 0 Å². The first-order chi connectivity index (χ1) is 8.54. The fourth-order valence-electron chi connectivity index (χ4n) is 1.13. The van der Waals surface area contributed by atoms with Crippen LogP contribution in [0.2, 0.25) is 0 Å². The molecule has 19 heavy (non-hydrogen) atoms. The van der Waals surface area contributed by atoms with Gasteiger partial charge >= 0.3 is 10.2 Å². The second-order valence-electron chi connectivity index (χ2n) is 3.39. The summed E-state index contributed by atoms with van der Waals surface area (Å²) in [6, 6.07) is 0. The molecule has 0 bridgehead atoms. The molecular weight excluding hydrogens is 327 g/mol. The van der Waals surface area contributed by atoms with Crippen LogP contribution in [-0.2, 0) is 20.1 Å². The Morgan fingerprint density at radius 3 is 2.32 bits per heavy atom. The van der Waals surface area contributed by atoms with Gasteiger partial charge in [0.05, 0.1) is 11.4 Å². The molecule has 0 spiro atoms. The Labute approximate surface area is 111 Å². The monoisotopic (exact) mass is 335 g/mol. The van der Waals surface area contributed by atoms with Crippen molar-refractivity contribution >= 4 is 31.4 Å². The van der Waals surface area contributed by atoms with Gasteiger partial charge in [0.1, 0.15) is 0 Å². The number of thiazole rings is 1. The van der Waals surface area contributed by atoms with Crippen molar-refractivity contribution in [2.24, 2.45) is 0 Å². The Hall–Kier alpha value is -0.940. The molecule has 5 nitrogen and oxygen atoms in total. The van der Waals surface area contributed by atoms with Crippen molar-refractivity contribution in [3.63, 3.8) is 0 Å². The average molecular weight is 335 g/mol. The Morgan fingerprint density at radius 1 is 1.32 bits per heavy atom. The zero-order valence-electron chi connectivity index (χ0n) is 9.43. The molecule has 0 N–H and O–H groups in total. The van der Waals surface area contributed by atoms with E-state index in [0.717, 1.165) is 6.92 Å². The number of allylic oxidation sites excluding steroid dienone is 1. The lowest BCUT2D eigenvalue weighted by atomic mass is 10.5. The van der Waals surface area contributed by atoms with Crippen LogP contribution in [0.5, 0.6) is 0 Å². The zero-order chi connectivity index (χ0) is 14.8. The highest BCUT2D eigenvalue weighted by atomic mass is 32.3. The van der Waals surface area contributed by atoms with Crippen LogP contribution >= 0.6 is 11.3 Å². The first kappa shape index (κ1) is 16.1. The van der Waals surface area contributed by atoms with Gasteiger partial charge in [-0.2, -0.15) is 17.2 Å². The molecule has 0 radical (unpaired) electrons. The van der Waals surface area contributed by atoms with Crippen LogP contribution in [-0.4, -0.2) is 27.6 Å². The summed E-state index contributed by atoms with van der Waals surface area (Å²) in [5.74, 6) is -0.664. The number of hydrogen-bond acceptors (Lipinski definition) is 6. The fourth-order valence-corrected chi connectivity index (χ4v) is 4.74. The van der Waals surface area contributed by atoms with Crippen molar-refractivity contribution < 1.29 is 29.5 Å². The van der Waals surface area contributed by atoms with Crippen molar-refractivity contribution in [1.29, 1.82) is 0 Å². The van der Waals surface area contributed by atoms with Gasteiger partial charge in [0.2, 0.25) is 14.2 Å². The molecule has 108 valence electrons. The van der Waals surface area contributed by atoms with Crippen LogP contribution in [0, 0.1) is 6.92 Å². The van der Waals surface area contributed by atoms with Gasteiger partial charge in [0.15, 0.2) is 4.21 Å². The van der Waals surface area contributed by atoms with Gasteiger partial charge in [-0.15, -0.1) is 0 Å². The molecular formula is C8H8F3NO4S3. The second-order valence-corrected chi connectivity index (χ2v) is 8.22. The highest BCUT2D eigenvalue weighted by Gasteiger charge is 2.26. The normalized spacial score (nSPS) is 12.4. The molecule has 0 aliphatic rings. The van der Waals surface area contributed by atoms with E-state index in [0.29, 0.717) is 6.08 Å². The number of aromatic nitrogens is 1. The quantitative estimate of drug-likeness (QED) is 0.769. The SMILES string of the molecule is Cc1nc(S(=O)(=O)CCC=C(F)F)sc1S(=O)(=O)F. The van der Waals surface area contributed by atoms with Gasteiger partial charge in [0, 0.05) is 0 Å². The molecule has 1 rings (SSSR count). The summed E-state index contributed by atoms with van der Waals surface area (Å²) in [5.41, 5.74) is -0.279. The number of hydrogen-bond donors (Lipinski definition) is 0. The van der Waals surface area contributed by atoms with Gasteiger partial charge < -0.3 is 0 Å². The first-order valence-corrected chi connectivity index (χ1v) is 8.55. The lowest BCUT2D eigenvalue weighted by Gasteiger charge is -1.96.